The van der Waals surface area contributed by atoms with Crippen molar-refractivity contribution in [1.82, 2.24) is 29.9 Å². The summed E-state index contributed by atoms with van der Waals surface area (Å²) in [6, 6.07) is 52.7. The Morgan fingerprint density at radius 3 is 1.50 bits per heavy atom. The minimum absolute atomic E-state index is 0.831. The van der Waals surface area contributed by atoms with Crippen LogP contribution in [0.4, 0.5) is 0 Å². The lowest BCUT2D eigenvalue weighted by Gasteiger charge is -2.10. The molecule has 11 aromatic rings. The summed E-state index contributed by atoms with van der Waals surface area (Å²) in [6.07, 6.45) is 5.51. The molecule has 54 heavy (non-hydrogen) atoms. The van der Waals surface area contributed by atoms with Gasteiger partial charge in [0.05, 0.1) is 50.2 Å². The Bertz CT molecular complexity index is 3280. The van der Waals surface area contributed by atoms with Crippen molar-refractivity contribution in [3.63, 3.8) is 0 Å². The molecule has 5 aromatic carbocycles. The molecular formula is C48H28N6. The van der Waals surface area contributed by atoms with Gasteiger partial charge >= 0.3 is 0 Å². The average Bonchev–Trinajstić information content (AvgIpc) is 3.25. The molecule has 0 aliphatic rings. The summed E-state index contributed by atoms with van der Waals surface area (Å²) in [7, 11) is 0. The van der Waals surface area contributed by atoms with Crippen molar-refractivity contribution in [1.29, 1.82) is 0 Å². The minimum Gasteiger partial charge on any atom is -0.254 e. The van der Waals surface area contributed by atoms with E-state index < -0.39 is 0 Å². The monoisotopic (exact) mass is 688 g/mol. The lowest BCUT2D eigenvalue weighted by molar-refractivity contribution is 1.31. The minimum atomic E-state index is 0.831. The molecule has 0 saturated carbocycles. The zero-order valence-electron chi connectivity index (χ0n) is 28.8. The lowest BCUT2D eigenvalue weighted by Crippen LogP contribution is -1.91. The van der Waals surface area contributed by atoms with E-state index in [0.717, 1.165) is 110 Å². The van der Waals surface area contributed by atoms with Gasteiger partial charge in [0, 0.05) is 56.5 Å². The topological polar surface area (TPSA) is 77.3 Å². The van der Waals surface area contributed by atoms with E-state index in [1.165, 1.54) is 0 Å². The number of hydrogen-bond donors (Lipinski definition) is 0. The van der Waals surface area contributed by atoms with Crippen LogP contribution in [0.3, 0.4) is 0 Å². The molecule has 6 heterocycles. The van der Waals surface area contributed by atoms with Crippen LogP contribution < -0.4 is 0 Å². The maximum atomic E-state index is 5.05. The fourth-order valence-corrected chi connectivity index (χ4v) is 7.61. The summed E-state index contributed by atoms with van der Waals surface area (Å²) in [5.41, 5.74) is 13.7. The number of hydrogen-bond acceptors (Lipinski definition) is 6. The fraction of sp³-hybridized carbons (Fsp3) is 0. The average molecular weight is 689 g/mol. The third-order valence-corrected chi connectivity index (χ3v) is 10.4. The quantitative estimate of drug-likeness (QED) is 0.171. The zero-order valence-corrected chi connectivity index (χ0v) is 28.8. The molecule has 6 heteroatoms. The van der Waals surface area contributed by atoms with E-state index in [1.54, 1.807) is 0 Å². The van der Waals surface area contributed by atoms with Gasteiger partial charge in [-0.05, 0) is 82.9 Å². The number of nitrogens with zero attached hydrogens (tertiary/aromatic N) is 6. The molecule has 0 radical (unpaired) electrons. The molecule has 0 saturated heterocycles. The summed E-state index contributed by atoms with van der Waals surface area (Å²) in [5, 5.41) is 6.49. The van der Waals surface area contributed by atoms with E-state index >= 15 is 0 Å². The second kappa shape index (κ2) is 12.1. The van der Waals surface area contributed by atoms with E-state index in [0.29, 0.717) is 0 Å². The van der Waals surface area contributed by atoms with Crippen molar-refractivity contribution in [2.24, 2.45) is 0 Å². The molecule has 0 aliphatic carbocycles. The fourth-order valence-electron chi connectivity index (χ4n) is 7.61. The van der Waals surface area contributed by atoms with Crippen LogP contribution in [0.1, 0.15) is 0 Å². The van der Waals surface area contributed by atoms with Gasteiger partial charge in [-0.15, -0.1) is 0 Å². The highest BCUT2D eigenvalue weighted by molar-refractivity contribution is 6.08. The lowest BCUT2D eigenvalue weighted by atomic mass is 9.98. The van der Waals surface area contributed by atoms with Crippen LogP contribution in [0.5, 0.6) is 0 Å². The van der Waals surface area contributed by atoms with Gasteiger partial charge in [0.25, 0.3) is 0 Å². The zero-order chi connectivity index (χ0) is 35.6. The first-order valence-electron chi connectivity index (χ1n) is 17.9. The Labute approximate surface area is 309 Å². The Hall–Kier alpha value is -7.44. The number of aromatic nitrogens is 6. The van der Waals surface area contributed by atoms with Crippen LogP contribution in [0.2, 0.25) is 0 Å². The van der Waals surface area contributed by atoms with Crippen molar-refractivity contribution < 1.29 is 0 Å². The molecular weight excluding hydrogens is 661 g/mol. The first-order chi connectivity index (χ1) is 26.7. The molecule has 0 aliphatic heterocycles. The number of pyridine rings is 6. The number of fused-ring (bicyclic) bond motifs is 8. The van der Waals surface area contributed by atoms with Gasteiger partial charge in [-0.3, -0.25) is 15.0 Å². The highest BCUT2D eigenvalue weighted by Crippen LogP contribution is 2.34. The van der Waals surface area contributed by atoms with Crippen LogP contribution in [0, 0.1) is 0 Å². The summed E-state index contributed by atoms with van der Waals surface area (Å²) < 4.78 is 0. The maximum Gasteiger partial charge on any atom is 0.0972 e. The predicted molar refractivity (Wildman–Crippen MR) is 220 cm³/mol. The van der Waals surface area contributed by atoms with E-state index in [-0.39, 0.29) is 0 Å². The molecule has 0 atom stereocenters. The Balaban J connectivity index is 0.871. The first kappa shape index (κ1) is 30.2. The molecule has 0 amide bonds. The third-order valence-electron chi connectivity index (χ3n) is 10.4. The largest absolute Gasteiger partial charge is 0.254 e. The van der Waals surface area contributed by atoms with E-state index in [9.17, 15) is 0 Å². The van der Waals surface area contributed by atoms with Crippen molar-refractivity contribution >= 4 is 65.4 Å². The first-order valence-corrected chi connectivity index (χ1v) is 17.9. The van der Waals surface area contributed by atoms with Gasteiger partial charge in [0.15, 0.2) is 0 Å². The highest BCUT2D eigenvalue weighted by Gasteiger charge is 2.12. The van der Waals surface area contributed by atoms with Crippen molar-refractivity contribution in [2.75, 3.05) is 0 Å². The third kappa shape index (κ3) is 5.04. The number of rotatable bonds is 4. The van der Waals surface area contributed by atoms with Crippen LogP contribution in [-0.2, 0) is 0 Å². The van der Waals surface area contributed by atoms with Crippen molar-refractivity contribution in [3.05, 3.63) is 170 Å². The SMILES string of the molecule is c1cnc2c(c1)ccc1ccc(-c3ccc4cc(-c5ccc6nc(-c7ccc(-c8ccnc9c8ccc8cccnc89)cc7)ccc6c5)ccc4n3)nc12. The molecule has 0 fully saturated rings. The van der Waals surface area contributed by atoms with Crippen LogP contribution in [0.15, 0.2) is 170 Å². The molecule has 0 unspecified atom stereocenters. The van der Waals surface area contributed by atoms with Gasteiger partial charge in [0.2, 0.25) is 0 Å². The Morgan fingerprint density at radius 2 is 0.796 bits per heavy atom. The van der Waals surface area contributed by atoms with Gasteiger partial charge in [-0.25, -0.2) is 15.0 Å². The summed E-state index contributed by atoms with van der Waals surface area (Å²) >= 11 is 0. The van der Waals surface area contributed by atoms with Crippen LogP contribution in [0.25, 0.3) is 110 Å². The molecule has 6 aromatic heterocycles. The normalized spacial score (nSPS) is 11.7. The molecule has 0 bridgehead atoms. The van der Waals surface area contributed by atoms with Gasteiger partial charge in [-0.2, -0.15) is 0 Å². The summed E-state index contributed by atoms with van der Waals surface area (Å²) in [4.78, 5) is 28.9. The maximum absolute atomic E-state index is 5.05. The highest BCUT2D eigenvalue weighted by atomic mass is 14.8. The van der Waals surface area contributed by atoms with Gasteiger partial charge < -0.3 is 0 Å². The van der Waals surface area contributed by atoms with Crippen molar-refractivity contribution in [3.8, 4) is 44.9 Å². The molecule has 250 valence electrons. The molecule has 0 spiro atoms. The van der Waals surface area contributed by atoms with Gasteiger partial charge in [-0.1, -0.05) is 91.0 Å². The standard InChI is InChI=1S/C48H28N6/c1-3-31-9-10-33-12-21-44(54-47(33)45(31)49-24-1)43-22-16-37-28-35(14-19-42(37)53-43)34-13-18-41-36(27-34)15-20-40(52-41)30-7-5-29(6-8-30)38-23-26-51-48-39(38)17-11-32-4-2-25-50-46(32)48/h1-28H. The summed E-state index contributed by atoms with van der Waals surface area (Å²) in [6.45, 7) is 0. The van der Waals surface area contributed by atoms with Crippen molar-refractivity contribution in [2.45, 2.75) is 0 Å². The second-order valence-electron chi connectivity index (χ2n) is 13.6. The summed E-state index contributed by atoms with van der Waals surface area (Å²) in [5.74, 6) is 0. The molecule has 11 rings (SSSR count). The smallest absolute Gasteiger partial charge is 0.0972 e. The second-order valence-corrected chi connectivity index (χ2v) is 13.6. The number of benzene rings is 5. The van der Waals surface area contributed by atoms with Crippen LogP contribution in [-0.4, -0.2) is 29.9 Å². The molecule has 6 nitrogen and oxygen atoms in total. The predicted octanol–water partition coefficient (Wildman–Crippen LogP) is 11.6. The Morgan fingerprint density at radius 1 is 0.296 bits per heavy atom. The molecule has 0 N–H and O–H groups in total. The van der Waals surface area contributed by atoms with E-state index in [2.05, 4.69) is 148 Å². The van der Waals surface area contributed by atoms with E-state index in [4.69, 9.17) is 15.0 Å². The van der Waals surface area contributed by atoms with E-state index in [1.807, 2.05) is 36.8 Å². The van der Waals surface area contributed by atoms with Gasteiger partial charge in [0.1, 0.15) is 0 Å². The Kier molecular flexibility index (Phi) is 6.75. The van der Waals surface area contributed by atoms with Crippen LogP contribution >= 0.6 is 0 Å².